The van der Waals surface area contributed by atoms with E-state index in [1.807, 2.05) is 50.2 Å². The second kappa shape index (κ2) is 11.5. The van der Waals surface area contributed by atoms with Crippen molar-refractivity contribution >= 4 is 17.4 Å². The van der Waals surface area contributed by atoms with Crippen LogP contribution in [0.4, 0.5) is 0 Å². The van der Waals surface area contributed by atoms with Gasteiger partial charge in [-0.15, -0.1) is 0 Å². The van der Waals surface area contributed by atoms with Crippen LogP contribution in [0.15, 0.2) is 72.4 Å². The molecule has 1 aliphatic heterocycles. The first kappa shape index (κ1) is 26.9. The van der Waals surface area contributed by atoms with Crippen LogP contribution in [0, 0.1) is 5.92 Å². The van der Waals surface area contributed by atoms with E-state index >= 15 is 0 Å². The van der Waals surface area contributed by atoms with Gasteiger partial charge < -0.3 is 19.5 Å². The van der Waals surface area contributed by atoms with Gasteiger partial charge in [-0.25, -0.2) is 0 Å². The predicted molar refractivity (Wildman–Crippen MR) is 146 cm³/mol. The molecule has 7 nitrogen and oxygen atoms in total. The Labute approximate surface area is 223 Å². The van der Waals surface area contributed by atoms with E-state index in [4.69, 9.17) is 9.47 Å². The van der Waals surface area contributed by atoms with Crippen molar-refractivity contribution in [1.29, 1.82) is 0 Å². The van der Waals surface area contributed by atoms with Crippen molar-refractivity contribution in [1.82, 2.24) is 9.88 Å². The van der Waals surface area contributed by atoms with Gasteiger partial charge in [-0.05, 0) is 65.4 Å². The fraction of sp³-hybridized carbons (Fsp3) is 0.323. The second-order valence-corrected chi connectivity index (χ2v) is 10.1. The molecule has 1 N–H and O–H groups in total. The number of carbonyl (C=O) groups excluding carboxylic acids is 2. The highest BCUT2D eigenvalue weighted by molar-refractivity contribution is 6.46. The first-order valence-corrected chi connectivity index (χ1v) is 12.8. The van der Waals surface area contributed by atoms with Crippen molar-refractivity contribution < 1.29 is 24.2 Å². The van der Waals surface area contributed by atoms with Crippen LogP contribution in [0.25, 0.3) is 5.76 Å². The minimum atomic E-state index is -0.816. The van der Waals surface area contributed by atoms with Crippen LogP contribution in [0.2, 0.25) is 0 Å². The normalized spacial score (nSPS) is 16.9. The number of pyridine rings is 1. The fourth-order valence-electron chi connectivity index (χ4n) is 4.58. The maximum Gasteiger partial charge on any atom is 0.296 e. The number of aliphatic hydroxyl groups is 1. The number of aliphatic hydroxyl groups excluding tert-OH is 1. The number of hydrogen-bond acceptors (Lipinski definition) is 6. The zero-order valence-electron chi connectivity index (χ0n) is 22.5. The van der Waals surface area contributed by atoms with Gasteiger partial charge in [0, 0.05) is 11.8 Å². The molecule has 0 saturated carbocycles. The van der Waals surface area contributed by atoms with Gasteiger partial charge in [0.2, 0.25) is 0 Å². The Morgan fingerprint density at radius 1 is 1.03 bits per heavy atom. The lowest BCUT2D eigenvalue weighted by Crippen LogP contribution is -2.29. The Balaban J connectivity index is 1.86. The number of amides is 1. The van der Waals surface area contributed by atoms with Crippen molar-refractivity contribution in [3.63, 3.8) is 0 Å². The number of ketones is 1. The van der Waals surface area contributed by atoms with Crippen LogP contribution >= 0.6 is 0 Å². The molecule has 1 aliphatic rings. The predicted octanol–water partition coefficient (Wildman–Crippen LogP) is 5.87. The molecule has 1 atom stereocenters. The van der Waals surface area contributed by atoms with E-state index in [0.717, 1.165) is 5.56 Å². The van der Waals surface area contributed by atoms with Crippen LogP contribution in [-0.4, -0.2) is 40.4 Å². The van der Waals surface area contributed by atoms with Gasteiger partial charge in [0.1, 0.15) is 17.3 Å². The monoisotopic (exact) mass is 514 g/mol. The Bertz CT molecular complexity index is 1350. The SMILES string of the molecule is COc1ccc(/C(O)=C2\C(=O)C(=O)N(Cc3ccccn3)C2c2cccc(OCC(C)C)c2)cc1C(C)C. The Morgan fingerprint density at radius 2 is 1.82 bits per heavy atom. The molecular weight excluding hydrogens is 480 g/mol. The van der Waals surface area contributed by atoms with Crippen LogP contribution < -0.4 is 9.47 Å². The molecule has 1 aromatic heterocycles. The smallest absolute Gasteiger partial charge is 0.296 e. The summed E-state index contributed by atoms with van der Waals surface area (Å²) < 4.78 is 11.4. The molecular formula is C31H34N2O5. The number of carbonyl (C=O) groups is 2. The molecule has 0 aliphatic carbocycles. The highest BCUT2D eigenvalue weighted by atomic mass is 16.5. The van der Waals surface area contributed by atoms with Gasteiger partial charge in [0.15, 0.2) is 0 Å². The van der Waals surface area contributed by atoms with E-state index in [9.17, 15) is 14.7 Å². The summed E-state index contributed by atoms with van der Waals surface area (Å²) in [5, 5.41) is 11.5. The van der Waals surface area contributed by atoms with Gasteiger partial charge >= 0.3 is 0 Å². The van der Waals surface area contributed by atoms with Crippen LogP contribution in [0.5, 0.6) is 11.5 Å². The van der Waals surface area contributed by atoms with Crippen molar-refractivity contribution in [2.75, 3.05) is 13.7 Å². The summed E-state index contributed by atoms with van der Waals surface area (Å²) in [6, 6.07) is 17.2. The number of nitrogens with zero attached hydrogens (tertiary/aromatic N) is 2. The molecule has 1 amide bonds. The highest BCUT2D eigenvalue weighted by Gasteiger charge is 2.46. The summed E-state index contributed by atoms with van der Waals surface area (Å²) in [5.74, 6) is 0.125. The molecule has 0 bridgehead atoms. The average molecular weight is 515 g/mol. The number of rotatable bonds is 9. The maximum absolute atomic E-state index is 13.5. The van der Waals surface area contributed by atoms with Gasteiger partial charge in [0.05, 0.1) is 37.6 Å². The first-order valence-electron chi connectivity index (χ1n) is 12.8. The Morgan fingerprint density at radius 3 is 2.47 bits per heavy atom. The van der Waals surface area contributed by atoms with Gasteiger partial charge in [-0.1, -0.05) is 45.9 Å². The molecule has 2 heterocycles. The van der Waals surface area contributed by atoms with E-state index in [1.54, 1.807) is 37.6 Å². The number of likely N-dealkylation sites (tertiary alicyclic amines) is 1. The number of aromatic nitrogens is 1. The van der Waals surface area contributed by atoms with Crippen molar-refractivity contribution in [2.45, 2.75) is 46.2 Å². The molecule has 38 heavy (non-hydrogen) atoms. The molecule has 1 saturated heterocycles. The number of methoxy groups -OCH3 is 1. The molecule has 0 spiro atoms. The quantitative estimate of drug-likeness (QED) is 0.218. The summed E-state index contributed by atoms with van der Waals surface area (Å²) in [5.41, 5.74) is 2.67. The lowest BCUT2D eigenvalue weighted by atomic mass is 9.93. The Kier molecular flexibility index (Phi) is 8.15. The summed E-state index contributed by atoms with van der Waals surface area (Å²) in [6.45, 7) is 8.81. The highest BCUT2D eigenvalue weighted by Crippen LogP contribution is 2.41. The van der Waals surface area contributed by atoms with E-state index in [0.29, 0.717) is 40.8 Å². The van der Waals surface area contributed by atoms with Crippen molar-refractivity contribution in [2.24, 2.45) is 5.92 Å². The summed E-state index contributed by atoms with van der Waals surface area (Å²) in [7, 11) is 1.60. The van der Waals surface area contributed by atoms with Crippen molar-refractivity contribution in [3.8, 4) is 11.5 Å². The molecule has 1 unspecified atom stereocenters. The molecule has 4 rings (SSSR count). The van der Waals surface area contributed by atoms with E-state index in [1.165, 1.54) is 4.90 Å². The van der Waals surface area contributed by atoms with Gasteiger partial charge in [-0.2, -0.15) is 0 Å². The van der Waals surface area contributed by atoms with E-state index in [2.05, 4.69) is 18.8 Å². The number of benzene rings is 2. The largest absolute Gasteiger partial charge is 0.507 e. The van der Waals surface area contributed by atoms with Crippen molar-refractivity contribution in [3.05, 3.63) is 94.8 Å². The molecule has 1 fully saturated rings. The first-order chi connectivity index (χ1) is 18.2. The molecule has 3 aromatic rings. The van der Waals surface area contributed by atoms with Gasteiger partial charge in [0.25, 0.3) is 11.7 Å². The lowest BCUT2D eigenvalue weighted by Gasteiger charge is -2.25. The third kappa shape index (κ3) is 5.57. The zero-order chi connectivity index (χ0) is 27.4. The zero-order valence-corrected chi connectivity index (χ0v) is 22.5. The maximum atomic E-state index is 13.5. The minimum absolute atomic E-state index is 0.0341. The molecule has 198 valence electrons. The third-order valence-electron chi connectivity index (χ3n) is 6.48. The number of Topliss-reactive ketones (excluding diaryl/α,β-unsaturated/α-hetero) is 1. The second-order valence-electron chi connectivity index (χ2n) is 10.1. The number of ether oxygens (including phenoxy) is 2. The van der Waals surface area contributed by atoms with Gasteiger partial charge in [-0.3, -0.25) is 14.6 Å². The van der Waals surface area contributed by atoms with Crippen LogP contribution in [-0.2, 0) is 16.1 Å². The average Bonchev–Trinajstić information content (AvgIpc) is 3.16. The molecule has 7 heteroatoms. The van der Waals surface area contributed by atoms with Crippen LogP contribution in [0.3, 0.4) is 0 Å². The third-order valence-corrected chi connectivity index (χ3v) is 6.48. The fourth-order valence-corrected chi connectivity index (χ4v) is 4.58. The summed E-state index contributed by atoms with van der Waals surface area (Å²) in [4.78, 5) is 32.6. The molecule has 2 aromatic carbocycles. The summed E-state index contributed by atoms with van der Waals surface area (Å²) in [6.07, 6.45) is 1.64. The summed E-state index contributed by atoms with van der Waals surface area (Å²) >= 11 is 0. The van der Waals surface area contributed by atoms with E-state index in [-0.39, 0.29) is 23.8 Å². The topological polar surface area (TPSA) is 89.0 Å². The Hall–Kier alpha value is -4.13. The lowest BCUT2D eigenvalue weighted by molar-refractivity contribution is -0.140. The van der Waals surface area contributed by atoms with E-state index < -0.39 is 17.7 Å². The standard InChI is InChI=1S/C31H34N2O5/c1-19(2)18-38-24-11-8-9-21(15-24)28-27(29(34)22-12-13-26(37-5)25(16-22)20(3)4)30(35)31(36)33(28)17-23-10-6-7-14-32-23/h6-16,19-20,28,34H,17-18H2,1-5H3/b29-27+. The molecule has 0 radical (unpaired) electrons. The number of hydrogen-bond donors (Lipinski definition) is 1. The minimum Gasteiger partial charge on any atom is -0.507 e. The van der Waals surface area contributed by atoms with Crippen LogP contribution in [0.1, 0.15) is 62.0 Å².